The average Bonchev–Trinajstić information content (AvgIpc) is 2.91. The third-order valence-corrected chi connectivity index (χ3v) is 7.76. The first-order valence-corrected chi connectivity index (χ1v) is 13.1. The predicted octanol–water partition coefficient (Wildman–Crippen LogP) is 3.85. The van der Waals surface area contributed by atoms with E-state index in [9.17, 15) is 22.4 Å². The Hall–Kier alpha value is -3.63. The van der Waals surface area contributed by atoms with Crippen molar-refractivity contribution < 1.29 is 27.1 Å². The Morgan fingerprint density at radius 1 is 1.00 bits per heavy atom. The number of methoxy groups -OCH3 is 1. The minimum atomic E-state index is -4.21. The van der Waals surface area contributed by atoms with Crippen LogP contribution in [0.25, 0.3) is 0 Å². The summed E-state index contributed by atoms with van der Waals surface area (Å²) in [4.78, 5) is 27.3. The fourth-order valence-electron chi connectivity index (χ4n) is 3.59. The summed E-state index contributed by atoms with van der Waals surface area (Å²) in [6.07, 6.45) is 0. The van der Waals surface area contributed by atoms with Crippen LogP contribution in [0.5, 0.6) is 5.75 Å². The summed E-state index contributed by atoms with van der Waals surface area (Å²) >= 11 is 6.00. The molecule has 0 radical (unpaired) electrons. The second-order valence-corrected chi connectivity index (χ2v) is 10.4. The fourth-order valence-corrected chi connectivity index (χ4v) is 5.13. The Bertz CT molecular complexity index is 1330. The van der Waals surface area contributed by atoms with Crippen LogP contribution in [-0.4, -0.2) is 51.9 Å². The molecule has 0 aliphatic heterocycles. The van der Waals surface area contributed by atoms with E-state index in [0.717, 1.165) is 4.31 Å². The van der Waals surface area contributed by atoms with Gasteiger partial charge in [-0.25, -0.2) is 12.8 Å². The van der Waals surface area contributed by atoms with Crippen LogP contribution in [0, 0.1) is 5.82 Å². The van der Waals surface area contributed by atoms with Crippen LogP contribution in [0.4, 0.5) is 10.1 Å². The number of benzene rings is 3. The molecule has 0 saturated carbocycles. The number of anilines is 1. The molecule has 2 amide bonds. The molecule has 0 spiro atoms. The molecule has 0 fully saturated rings. The lowest BCUT2D eigenvalue weighted by atomic mass is 10.1. The van der Waals surface area contributed by atoms with Crippen molar-refractivity contribution in [1.29, 1.82) is 0 Å². The monoisotopic (exact) mass is 547 g/mol. The normalized spacial score (nSPS) is 11.9. The molecule has 37 heavy (non-hydrogen) atoms. The Morgan fingerprint density at radius 3 is 2.14 bits per heavy atom. The smallest absolute Gasteiger partial charge is 0.264 e. The highest BCUT2D eigenvalue weighted by Gasteiger charge is 2.32. The van der Waals surface area contributed by atoms with Crippen LogP contribution >= 0.6 is 11.6 Å². The number of rotatable bonds is 10. The number of carbonyl (C=O) groups excluding carboxylic acids is 2. The van der Waals surface area contributed by atoms with Gasteiger partial charge in [0.15, 0.2) is 0 Å². The number of hydrogen-bond donors (Lipinski definition) is 1. The summed E-state index contributed by atoms with van der Waals surface area (Å²) < 4.78 is 46.9. The highest BCUT2D eigenvalue weighted by atomic mass is 35.5. The van der Waals surface area contributed by atoms with Gasteiger partial charge in [0.2, 0.25) is 11.8 Å². The Labute approximate surface area is 220 Å². The van der Waals surface area contributed by atoms with Crippen molar-refractivity contribution in [3.05, 3.63) is 89.2 Å². The molecule has 0 aliphatic rings. The van der Waals surface area contributed by atoms with Crippen molar-refractivity contribution in [2.24, 2.45) is 0 Å². The van der Waals surface area contributed by atoms with Gasteiger partial charge in [-0.1, -0.05) is 23.7 Å². The summed E-state index contributed by atoms with van der Waals surface area (Å²) in [6, 6.07) is 16.3. The molecule has 3 aromatic rings. The van der Waals surface area contributed by atoms with E-state index < -0.39 is 40.2 Å². The number of nitrogens with one attached hydrogen (secondary N) is 1. The summed E-state index contributed by atoms with van der Waals surface area (Å²) in [5, 5.41) is 2.89. The number of nitrogens with zero attached hydrogens (tertiary/aromatic N) is 2. The van der Waals surface area contributed by atoms with Gasteiger partial charge in [0.1, 0.15) is 24.2 Å². The van der Waals surface area contributed by atoms with Crippen molar-refractivity contribution in [1.82, 2.24) is 10.2 Å². The molecular weight excluding hydrogens is 521 g/mol. The van der Waals surface area contributed by atoms with E-state index in [0.29, 0.717) is 16.3 Å². The molecule has 3 rings (SSSR count). The third-order valence-electron chi connectivity index (χ3n) is 5.72. The van der Waals surface area contributed by atoms with Gasteiger partial charge in [-0.2, -0.15) is 0 Å². The molecule has 1 N–H and O–H groups in total. The SMILES string of the molecule is CNC(=O)[C@H](C)N(Cc1ccc(F)cc1)C(=O)CN(c1ccc(Cl)cc1)S(=O)(=O)c1ccc(OC)cc1. The highest BCUT2D eigenvalue weighted by molar-refractivity contribution is 7.92. The van der Waals surface area contributed by atoms with Gasteiger partial charge < -0.3 is 15.0 Å². The maximum absolute atomic E-state index is 13.7. The molecule has 0 aromatic heterocycles. The summed E-state index contributed by atoms with van der Waals surface area (Å²) in [5.74, 6) is -1.04. The molecular formula is C26H27ClFN3O5S. The maximum Gasteiger partial charge on any atom is 0.264 e. The van der Waals surface area contributed by atoms with Gasteiger partial charge in [-0.15, -0.1) is 0 Å². The molecule has 196 valence electrons. The predicted molar refractivity (Wildman–Crippen MR) is 139 cm³/mol. The number of ether oxygens (including phenoxy) is 1. The lowest BCUT2D eigenvalue weighted by molar-refractivity contribution is -0.139. The van der Waals surface area contributed by atoms with Gasteiger partial charge in [-0.3, -0.25) is 13.9 Å². The molecule has 11 heteroatoms. The topological polar surface area (TPSA) is 96.0 Å². The van der Waals surface area contributed by atoms with Crippen LogP contribution in [0.3, 0.4) is 0 Å². The van der Waals surface area contributed by atoms with E-state index in [2.05, 4.69) is 5.32 Å². The van der Waals surface area contributed by atoms with E-state index >= 15 is 0 Å². The number of sulfonamides is 1. The molecule has 3 aromatic carbocycles. The minimum Gasteiger partial charge on any atom is -0.497 e. The molecule has 0 heterocycles. The second-order valence-electron chi connectivity index (χ2n) is 8.10. The lowest BCUT2D eigenvalue weighted by Gasteiger charge is -2.31. The van der Waals surface area contributed by atoms with Crippen molar-refractivity contribution >= 4 is 39.1 Å². The fraction of sp³-hybridized carbons (Fsp3) is 0.231. The van der Waals surface area contributed by atoms with E-state index in [4.69, 9.17) is 16.3 Å². The van der Waals surface area contributed by atoms with Gasteiger partial charge in [-0.05, 0) is 73.2 Å². The Kier molecular flexibility index (Phi) is 9.12. The van der Waals surface area contributed by atoms with E-state index in [-0.39, 0.29) is 17.1 Å². The first-order chi connectivity index (χ1) is 17.6. The summed E-state index contributed by atoms with van der Waals surface area (Å²) in [5.41, 5.74) is 0.782. The summed E-state index contributed by atoms with van der Waals surface area (Å²) in [6.45, 7) is 0.897. The summed E-state index contributed by atoms with van der Waals surface area (Å²) in [7, 11) is -1.31. The van der Waals surface area contributed by atoms with Gasteiger partial charge >= 0.3 is 0 Å². The molecule has 0 bridgehead atoms. The molecule has 0 aliphatic carbocycles. The van der Waals surface area contributed by atoms with Crippen LogP contribution in [0.2, 0.25) is 5.02 Å². The van der Waals surface area contributed by atoms with E-state index in [1.165, 1.54) is 98.8 Å². The zero-order chi connectivity index (χ0) is 27.2. The van der Waals surface area contributed by atoms with Crippen molar-refractivity contribution in [2.45, 2.75) is 24.4 Å². The molecule has 8 nitrogen and oxygen atoms in total. The highest BCUT2D eigenvalue weighted by Crippen LogP contribution is 2.27. The van der Waals surface area contributed by atoms with Crippen LogP contribution in [-0.2, 0) is 26.2 Å². The van der Waals surface area contributed by atoms with Crippen LogP contribution in [0.15, 0.2) is 77.7 Å². The van der Waals surface area contributed by atoms with Crippen LogP contribution < -0.4 is 14.4 Å². The quantitative estimate of drug-likeness (QED) is 0.416. The minimum absolute atomic E-state index is 0.0370. The van der Waals surface area contributed by atoms with E-state index in [1.54, 1.807) is 0 Å². The number of halogens is 2. The number of likely N-dealkylation sites (N-methyl/N-ethyl adjacent to an activating group) is 1. The zero-order valence-corrected chi connectivity index (χ0v) is 22.1. The largest absolute Gasteiger partial charge is 0.497 e. The van der Waals surface area contributed by atoms with Crippen molar-refractivity contribution in [3.8, 4) is 5.75 Å². The number of amides is 2. The first kappa shape index (κ1) is 27.9. The number of hydrogen-bond acceptors (Lipinski definition) is 5. The standard InChI is InChI=1S/C26H27ClFN3O5S/c1-18(26(33)29-2)30(16-19-4-8-21(28)9-5-19)25(32)17-31(22-10-6-20(27)7-11-22)37(34,35)24-14-12-23(36-3)13-15-24/h4-15,18H,16-17H2,1-3H3,(H,29,33)/t18-/m0/s1. The van der Waals surface area contributed by atoms with Crippen molar-refractivity contribution in [2.75, 3.05) is 25.0 Å². The number of carbonyl (C=O) groups is 2. The van der Waals surface area contributed by atoms with Gasteiger partial charge in [0.25, 0.3) is 10.0 Å². The molecule has 1 atom stereocenters. The second kappa shape index (κ2) is 12.1. The molecule has 0 unspecified atom stereocenters. The Morgan fingerprint density at radius 2 is 1.59 bits per heavy atom. The third kappa shape index (κ3) is 6.78. The van der Waals surface area contributed by atoms with Crippen LogP contribution in [0.1, 0.15) is 12.5 Å². The van der Waals surface area contributed by atoms with Gasteiger partial charge in [0.05, 0.1) is 17.7 Å². The Balaban J connectivity index is 2.01. The maximum atomic E-state index is 13.7. The first-order valence-electron chi connectivity index (χ1n) is 11.2. The zero-order valence-electron chi connectivity index (χ0n) is 20.5. The average molecular weight is 548 g/mol. The van der Waals surface area contributed by atoms with Crippen molar-refractivity contribution in [3.63, 3.8) is 0 Å². The van der Waals surface area contributed by atoms with Gasteiger partial charge in [0, 0.05) is 18.6 Å². The lowest BCUT2D eigenvalue weighted by Crippen LogP contribution is -2.50. The van der Waals surface area contributed by atoms with E-state index in [1.807, 2.05) is 0 Å². The molecule has 0 saturated heterocycles.